The van der Waals surface area contributed by atoms with E-state index in [2.05, 4.69) is 42.4 Å². The molecule has 4 N–H and O–H groups in total. The molecular weight excluding hydrogens is 610 g/mol. The van der Waals surface area contributed by atoms with Gasteiger partial charge in [0.25, 0.3) is 5.91 Å². The van der Waals surface area contributed by atoms with Crippen molar-refractivity contribution in [3.8, 4) is 17.0 Å². The van der Waals surface area contributed by atoms with E-state index in [1.807, 2.05) is 52.0 Å². The number of pyridine rings is 2. The molecule has 1 fully saturated rings. The lowest BCUT2D eigenvalue weighted by atomic mass is 10.1. The Hall–Kier alpha value is -5.46. The van der Waals surface area contributed by atoms with E-state index in [9.17, 15) is 9.59 Å². The summed E-state index contributed by atoms with van der Waals surface area (Å²) < 4.78 is 11.5. The summed E-state index contributed by atoms with van der Waals surface area (Å²) in [7, 11) is 0. The average Bonchev–Trinajstić information content (AvgIpc) is 3.55. The number of benzene rings is 1. The van der Waals surface area contributed by atoms with E-state index >= 15 is 0 Å². The van der Waals surface area contributed by atoms with Gasteiger partial charge in [-0.2, -0.15) is 0 Å². The fraction of sp³-hybridized carbons (Fsp3) is 0.371. The summed E-state index contributed by atoms with van der Waals surface area (Å²) in [5, 5.41) is 6.31. The Balaban J connectivity index is 1.07. The quantitative estimate of drug-likeness (QED) is 0.242. The SMILES string of the molecule is C[C@@H]1CN(C(=O)OC(C)(C)C)[C@@H](C)CN1c1ccc(NC(=O)c2cccc(CNc3ncc(-c4ccnc(N)n4)c4c3CCO4)c2)nc1. The Morgan fingerprint density at radius 3 is 2.62 bits per heavy atom. The Morgan fingerprint density at radius 1 is 1.04 bits per heavy atom. The lowest BCUT2D eigenvalue weighted by Gasteiger charge is -2.45. The number of ether oxygens (including phenoxy) is 2. The molecule has 3 aromatic heterocycles. The monoisotopic (exact) mass is 651 g/mol. The number of rotatable bonds is 7. The molecular formula is C35H41N9O4. The van der Waals surface area contributed by atoms with Gasteiger partial charge in [0, 0.05) is 61.7 Å². The third-order valence-electron chi connectivity index (χ3n) is 8.26. The number of hydrogen-bond acceptors (Lipinski definition) is 11. The van der Waals surface area contributed by atoms with Gasteiger partial charge in [0.05, 0.1) is 29.7 Å². The number of aromatic nitrogens is 4. The van der Waals surface area contributed by atoms with Crippen LogP contribution in [0, 0.1) is 0 Å². The molecule has 2 amide bonds. The van der Waals surface area contributed by atoms with Crippen LogP contribution < -0.4 is 26.0 Å². The van der Waals surface area contributed by atoms with Crippen molar-refractivity contribution in [1.82, 2.24) is 24.8 Å². The number of fused-ring (bicyclic) bond motifs is 1. The van der Waals surface area contributed by atoms with Gasteiger partial charge in [0.15, 0.2) is 0 Å². The molecule has 1 saturated heterocycles. The highest BCUT2D eigenvalue weighted by atomic mass is 16.6. The van der Waals surface area contributed by atoms with Gasteiger partial charge in [-0.15, -0.1) is 0 Å². The Kier molecular flexibility index (Phi) is 9.03. The smallest absolute Gasteiger partial charge is 0.410 e. The predicted octanol–water partition coefficient (Wildman–Crippen LogP) is 5.15. The summed E-state index contributed by atoms with van der Waals surface area (Å²) in [5.74, 6) is 1.85. The zero-order valence-corrected chi connectivity index (χ0v) is 27.9. The van der Waals surface area contributed by atoms with Crippen LogP contribution in [0.3, 0.4) is 0 Å². The third-order valence-corrected chi connectivity index (χ3v) is 8.26. The van der Waals surface area contributed by atoms with Gasteiger partial charge >= 0.3 is 6.09 Å². The summed E-state index contributed by atoms with van der Waals surface area (Å²) in [6, 6.07) is 13.0. The molecule has 0 radical (unpaired) electrons. The minimum atomic E-state index is -0.546. The first-order valence-corrected chi connectivity index (χ1v) is 16.0. The molecule has 48 heavy (non-hydrogen) atoms. The first-order valence-electron chi connectivity index (χ1n) is 16.0. The van der Waals surface area contributed by atoms with Crippen molar-refractivity contribution in [1.29, 1.82) is 0 Å². The number of nitrogens with two attached hydrogens (primary N) is 1. The second-order valence-electron chi connectivity index (χ2n) is 13.1. The van der Waals surface area contributed by atoms with Gasteiger partial charge in [-0.3, -0.25) is 4.79 Å². The minimum absolute atomic E-state index is 0.0363. The maximum absolute atomic E-state index is 13.2. The van der Waals surface area contributed by atoms with Crippen LogP contribution in [0.2, 0.25) is 0 Å². The lowest BCUT2D eigenvalue weighted by molar-refractivity contribution is 0.0130. The van der Waals surface area contributed by atoms with E-state index in [1.165, 1.54) is 0 Å². The fourth-order valence-corrected chi connectivity index (χ4v) is 5.93. The standard InChI is InChI=1S/C35H41N9O4/c1-21-20-44(34(46)48-35(3,4)5)22(2)19-43(21)25-9-10-29(38-17-25)42-32(45)24-8-6-7-23(15-24)16-39-31-26-12-14-47-30(26)27(18-40-31)28-11-13-37-33(36)41-28/h6-11,13,15,17-18,21-22H,12,14,16,19-20H2,1-5H3,(H,39,40)(H2,36,37,41)(H,38,42,45)/t21-,22+/m1/s1. The summed E-state index contributed by atoms with van der Waals surface area (Å²) in [6.07, 6.45) is 5.50. The van der Waals surface area contributed by atoms with Gasteiger partial charge < -0.3 is 35.6 Å². The van der Waals surface area contributed by atoms with Gasteiger partial charge in [-0.05, 0) is 70.5 Å². The molecule has 2 atom stereocenters. The van der Waals surface area contributed by atoms with Crippen molar-refractivity contribution in [2.45, 2.75) is 65.3 Å². The largest absolute Gasteiger partial charge is 0.492 e. The zero-order chi connectivity index (χ0) is 34.0. The first kappa shape index (κ1) is 32.5. The highest BCUT2D eigenvalue weighted by Crippen LogP contribution is 2.39. The van der Waals surface area contributed by atoms with Crippen molar-refractivity contribution >= 4 is 35.3 Å². The number of anilines is 4. The molecule has 0 saturated carbocycles. The van der Waals surface area contributed by atoms with E-state index in [1.54, 1.807) is 41.7 Å². The van der Waals surface area contributed by atoms with Crippen LogP contribution in [-0.4, -0.2) is 74.2 Å². The minimum Gasteiger partial charge on any atom is -0.492 e. The summed E-state index contributed by atoms with van der Waals surface area (Å²) in [6.45, 7) is 11.9. The van der Waals surface area contributed by atoms with Gasteiger partial charge in [-0.25, -0.2) is 24.7 Å². The first-order chi connectivity index (χ1) is 22.9. The molecule has 5 heterocycles. The molecule has 13 nitrogen and oxygen atoms in total. The number of carbonyl (C=O) groups excluding carboxylic acids is 2. The molecule has 2 aliphatic rings. The van der Waals surface area contributed by atoms with Crippen molar-refractivity contribution in [2.75, 3.05) is 41.0 Å². The van der Waals surface area contributed by atoms with Crippen molar-refractivity contribution in [3.63, 3.8) is 0 Å². The number of nitrogen functional groups attached to an aromatic ring is 1. The number of piperazine rings is 1. The van der Waals surface area contributed by atoms with E-state index < -0.39 is 5.60 Å². The predicted molar refractivity (Wildman–Crippen MR) is 184 cm³/mol. The molecule has 2 aliphatic heterocycles. The van der Waals surface area contributed by atoms with Crippen LogP contribution >= 0.6 is 0 Å². The molecule has 250 valence electrons. The summed E-state index contributed by atoms with van der Waals surface area (Å²) >= 11 is 0. The lowest BCUT2D eigenvalue weighted by Crippen LogP contribution is -2.59. The Morgan fingerprint density at radius 2 is 1.88 bits per heavy atom. The van der Waals surface area contributed by atoms with Crippen LogP contribution in [0.1, 0.15) is 56.1 Å². The van der Waals surface area contributed by atoms with Crippen LogP contribution in [0.15, 0.2) is 61.1 Å². The molecule has 0 bridgehead atoms. The van der Waals surface area contributed by atoms with Gasteiger partial charge in [0.2, 0.25) is 5.95 Å². The van der Waals surface area contributed by atoms with E-state index in [4.69, 9.17) is 15.2 Å². The third kappa shape index (κ3) is 7.24. The maximum atomic E-state index is 13.2. The fourth-order valence-electron chi connectivity index (χ4n) is 5.93. The maximum Gasteiger partial charge on any atom is 0.410 e. The molecule has 0 unspecified atom stereocenters. The number of nitrogens with one attached hydrogen (secondary N) is 2. The van der Waals surface area contributed by atoms with Crippen LogP contribution in [0.25, 0.3) is 11.3 Å². The zero-order valence-electron chi connectivity index (χ0n) is 27.9. The van der Waals surface area contributed by atoms with E-state index in [0.717, 1.165) is 33.9 Å². The number of hydrogen-bond donors (Lipinski definition) is 3. The molecule has 4 aromatic rings. The van der Waals surface area contributed by atoms with E-state index in [-0.39, 0.29) is 30.0 Å². The second-order valence-corrected chi connectivity index (χ2v) is 13.1. The van der Waals surface area contributed by atoms with Crippen LogP contribution in [0.4, 0.5) is 28.1 Å². The summed E-state index contributed by atoms with van der Waals surface area (Å²) in [5.41, 5.74) is 9.99. The Labute approximate surface area is 279 Å². The second kappa shape index (κ2) is 13.3. The normalized spacial score (nSPS) is 17.4. The van der Waals surface area contributed by atoms with Crippen molar-refractivity contribution < 1.29 is 19.1 Å². The molecule has 0 spiro atoms. The van der Waals surface area contributed by atoms with E-state index in [0.29, 0.717) is 49.7 Å². The number of amides is 2. The van der Waals surface area contributed by atoms with Crippen molar-refractivity contribution in [2.24, 2.45) is 0 Å². The highest BCUT2D eigenvalue weighted by Gasteiger charge is 2.34. The number of carbonyl (C=O) groups is 2. The molecule has 13 heteroatoms. The van der Waals surface area contributed by atoms with Gasteiger partial charge in [0.1, 0.15) is 23.0 Å². The number of nitrogens with zero attached hydrogens (tertiary/aromatic N) is 6. The molecule has 0 aliphatic carbocycles. The van der Waals surface area contributed by atoms with Gasteiger partial charge in [-0.1, -0.05) is 12.1 Å². The average molecular weight is 652 g/mol. The van der Waals surface area contributed by atoms with Crippen LogP contribution in [-0.2, 0) is 17.7 Å². The highest BCUT2D eigenvalue weighted by molar-refractivity contribution is 6.03. The van der Waals surface area contributed by atoms with Crippen molar-refractivity contribution in [3.05, 3.63) is 77.7 Å². The Bertz CT molecular complexity index is 1810. The summed E-state index contributed by atoms with van der Waals surface area (Å²) in [4.78, 5) is 47.4. The van der Waals surface area contributed by atoms with Crippen LogP contribution in [0.5, 0.6) is 5.75 Å². The topological polar surface area (TPSA) is 161 Å². The molecule has 1 aromatic carbocycles. The molecule has 6 rings (SSSR count).